The number of nitrogens with one attached hydrogen (secondary N) is 1. The predicted molar refractivity (Wildman–Crippen MR) is 120 cm³/mol. The molecule has 0 radical (unpaired) electrons. The number of hydrogen-bond acceptors (Lipinski definition) is 3. The summed E-state index contributed by atoms with van der Waals surface area (Å²) in [7, 11) is -3.70. The first-order valence-electron chi connectivity index (χ1n) is 10.6. The molecule has 1 fully saturated rings. The number of H-pyrrole nitrogens is 1. The Labute approximate surface area is 177 Å². The maximum absolute atomic E-state index is 13.5. The lowest BCUT2D eigenvalue weighted by Gasteiger charge is -2.33. The van der Waals surface area contributed by atoms with E-state index in [4.69, 9.17) is 0 Å². The summed E-state index contributed by atoms with van der Waals surface area (Å²) in [6.45, 7) is 4.08. The summed E-state index contributed by atoms with van der Waals surface area (Å²) in [5.74, 6) is 0. The second kappa shape index (κ2) is 8.36. The minimum atomic E-state index is -3.70. The van der Waals surface area contributed by atoms with Gasteiger partial charge in [0.15, 0.2) is 0 Å². The smallest absolute Gasteiger partial charge is 0.252 e. The monoisotopic (exact) mass is 424 g/mol. The molecule has 0 aliphatic heterocycles. The highest BCUT2D eigenvalue weighted by Gasteiger charge is 2.33. The minimum Gasteiger partial charge on any atom is -0.321 e. The Morgan fingerprint density at radius 2 is 1.70 bits per heavy atom. The molecule has 1 aromatic heterocycles. The number of aryl methyl sites for hydroxylation is 2. The Morgan fingerprint density at radius 1 is 1.00 bits per heavy atom. The molecule has 30 heavy (non-hydrogen) atoms. The summed E-state index contributed by atoms with van der Waals surface area (Å²) in [5, 5.41) is 0.924. The average molecular weight is 425 g/mol. The molecular formula is C24H28N2O3S. The van der Waals surface area contributed by atoms with Crippen LogP contribution >= 0.6 is 0 Å². The van der Waals surface area contributed by atoms with E-state index in [-0.39, 0.29) is 23.0 Å². The van der Waals surface area contributed by atoms with Crippen LogP contribution in [-0.2, 0) is 16.6 Å². The summed E-state index contributed by atoms with van der Waals surface area (Å²) >= 11 is 0. The first kappa shape index (κ1) is 20.8. The molecule has 0 unspecified atom stereocenters. The van der Waals surface area contributed by atoms with E-state index in [0.717, 1.165) is 54.1 Å². The van der Waals surface area contributed by atoms with Crippen LogP contribution in [0.1, 0.15) is 48.8 Å². The molecule has 0 amide bonds. The van der Waals surface area contributed by atoms with E-state index >= 15 is 0 Å². The van der Waals surface area contributed by atoms with Crippen LogP contribution in [0.15, 0.2) is 58.2 Å². The zero-order chi connectivity index (χ0) is 21.3. The van der Waals surface area contributed by atoms with Gasteiger partial charge in [0.05, 0.1) is 10.4 Å². The summed E-state index contributed by atoms with van der Waals surface area (Å²) in [6.07, 6.45) is 4.81. The van der Waals surface area contributed by atoms with Crippen LogP contribution in [0, 0.1) is 13.8 Å². The van der Waals surface area contributed by atoms with E-state index in [1.165, 1.54) is 0 Å². The lowest BCUT2D eigenvalue weighted by atomic mass is 9.95. The number of benzene rings is 2. The zero-order valence-electron chi connectivity index (χ0n) is 17.5. The molecular weight excluding hydrogens is 396 g/mol. The predicted octanol–water partition coefficient (Wildman–Crippen LogP) is 4.67. The highest BCUT2D eigenvalue weighted by molar-refractivity contribution is 7.89. The van der Waals surface area contributed by atoms with Crippen LogP contribution in [0.5, 0.6) is 0 Å². The van der Waals surface area contributed by atoms with Gasteiger partial charge >= 0.3 is 0 Å². The van der Waals surface area contributed by atoms with Crippen LogP contribution in [0.4, 0.5) is 0 Å². The standard InChI is InChI=1S/C24H28N2O3S/c1-17-13-14-19-15-20(24(27)25-23(19)18(17)2)16-26(21-9-5-3-6-10-21)30(28,29)22-11-7-4-8-12-22/h4,7-8,11-15,21H,3,5-6,9-10,16H2,1-2H3,(H,25,27). The quantitative estimate of drug-likeness (QED) is 0.647. The van der Waals surface area contributed by atoms with E-state index in [1.807, 2.05) is 38.1 Å². The molecule has 2 aromatic carbocycles. The van der Waals surface area contributed by atoms with Gasteiger partial charge in [-0.2, -0.15) is 4.31 Å². The van der Waals surface area contributed by atoms with Gasteiger partial charge in [-0.3, -0.25) is 4.79 Å². The molecule has 6 heteroatoms. The number of nitrogens with zero attached hydrogens (tertiary/aromatic N) is 1. The Balaban J connectivity index is 1.78. The molecule has 1 heterocycles. The molecule has 0 bridgehead atoms. The third-order valence-electron chi connectivity index (χ3n) is 6.29. The second-order valence-corrected chi connectivity index (χ2v) is 10.1. The fourth-order valence-corrected chi connectivity index (χ4v) is 6.05. The van der Waals surface area contributed by atoms with Crippen LogP contribution in [0.2, 0.25) is 0 Å². The summed E-state index contributed by atoms with van der Waals surface area (Å²) in [5.41, 5.74) is 3.23. The van der Waals surface area contributed by atoms with Crippen molar-refractivity contribution in [2.75, 3.05) is 0 Å². The van der Waals surface area contributed by atoms with E-state index in [9.17, 15) is 13.2 Å². The molecule has 5 nitrogen and oxygen atoms in total. The first-order valence-corrected chi connectivity index (χ1v) is 12.0. The fourth-order valence-electron chi connectivity index (χ4n) is 4.36. The molecule has 3 aromatic rings. The van der Waals surface area contributed by atoms with E-state index in [0.29, 0.717) is 5.56 Å². The zero-order valence-corrected chi connectivity index (χ0v) is 18.3. The highest BCUT2D eigenvalue weighted by Crippen LogP contribution is 2.29. The van der Waals surface area contributed by atoms with Crippen molar-refractivity contribution in [3.05, 3.63) is 75.6 Å². The highest BCUT2D eigenvalue weighted by atomic mass is 32.2. The second-order valence-electron chi connectivity index (χ2n) is 8.25. The molecule has 1 aliphatic carbocycles. The maximum Gasteiger partial charge on any atom is 0.252 e. The minimum absolute atomic E-state index is 0.0834. The van der Waals surface area contributed by atoms with Gasteiger partial charge in [0.2, 0.25) is 10.0 Å². The number of fused-ring (bicyclic) bond motifs is 1. The first-order chi connectivity index (χ1) is 14.4. The van der Waals surface area contributed by atoms with Crippen molar-refractivity contribution in [2.45, 2.75) is 63.4 Å². The van der Waals surface area contributed by atoms with Gasteiger partial charge in [0.25, 0.3) is 5.56 Å². The maximum atomic E-state index is 13.5. The SMILES string of the molecule is Cc1ccc2cc(CN(C3CCCCC3)S(=O)(=O)c3ccccc3)c(=O)[nH]c2c1C. The van der Waals surface area contributed by atoms with Crippen molar-refractivity contribution in [3.63, 3.8) is 0 Å². The van der Waals surface area contributed by atoms with Gasteiger partial charge in [-0.15, -0.1) is 0 Å². The largest absolute Gasteiger partial charge is 0.321 e. The number of aromatic amines is 1. The third kappa shape index (κ3) is 3.94. The van der Waals surface area contributed by atoms with Crippen LogP contribution in [0.25, 0.3) is 10.9 Å². The Kier molecular flexibility index (Phi) is 5.80. The number of pyridine rings is 1. The topological polar surface area (TPSA) is 70.2 Å². The molecule has 1 aliphatic rings. The molecule has 158 valence electrons. The Morgan fingerprint density at radius 3 is 2.40 bits per heavy atom. The third-order valence-corrected chi connectivity index (χ3v) is 8.20. The summed E-state index contributed by atoms with van der Waals surface area (Å²) in [4.78, 5) is 16.2. The molecule has 0 spiro atoms. The Bertz CT molecular complexity index is 1210. The van der Waals surface area contributed by atoms with Gasteiger partial charge in [0, 0.05) is 18.2 Å². The fraction of sp³-hybridized carbons (Fsp3) is 0.375. The van der Waals surface area contributed by atoms with Crippen molar-refractivity contribution in [1.82, 2.24) is 9.29 Å². The number of rotatable bonds is 5. The van der Waals surface area contributed by atoms with Gasteiger partial charge in [-0.25, -0.2) is 8.42 Å². The molecule has 1 saturated carbocycles. The summed E-state index contributed by atoms with van der Waals surface area (Å²) in [6, 6.07) is 14.3. The van der Waals surface area contributed by atoms with E-state index in [1.54, 1.807) is 28.6 Å². The van der Waals surface area contributed by atoms with Gasteiger partial charge in [-0.05, 0) is 61.4 Å². The van der Waals surface area contributed by atoms with Crippen molar-refractivity contribution in [2.24, 2.45) is 0 Å². The molecule has 0 atom stereocenters. The summed E-state index contributed by atoms with van der Waals surface area (Å²) < 4.78 is 28.6. The van der Waals surface area contributed by atoms with Gasteiger partial charge in [-0.1, -0.05) is 49.6 Å². The lowest BCUT2D eigenvalue weighted by Crippen LogP contribution is -2.42. The number of sulfonamides is 1. The van der Waals surface area contributed by atoms with Crippen molar-refractivity contribution >= 4 is 20.9 Å². The molecule has 4 rings (SSSR count). The van der Waals surface area contributed by atoms with Crippen LogP contribution in [0.3, 0.4) is 0 Å². The molecule has 0 saturated heterocycles. The average Bonchev–Trinajstić information content (AvgIpc) is 2.76. The van der Waals surface area contributed by atoms with Crippen LogP contribution in [-0.4, -0.2) is 23.7 Å². The van der Waals surface area contributed by atoms with E-state index < -0.39 is 10.0 Å². The van der Waals surface area contributed by atoms with Gasteiger partial charge < -0.3 is 4.98 Å². The number of aromatic nitrogens is 1. The van der Waals surface area contributed by atoms with Gasteiger partial charge in [0.1, 0.15) is 0 Å². The Hall–Kier alpha value is -2.44. The normalized spacial score (nSPS) is 15.7. The lowest BCUT2D eigenvalue weighted by molar-refractivity contribution is 0.247. The van der Waals surface area contributed by atoms with Crippen molar-refractivity contribution in [1.29, 1.82) is 0 Å². The van der Waals surface area contributed by atoms with Crippen LogP contribution < -0.4 is 5.56 Å². The molecule has 1 N–H and O–H groups in total. The van der Waals surface area contributed by atoms with Crippen molar-refractivity contribution < 1.29 is 8.42 Å². The van der Waals surface area contributed by atoms with E-state index in [2.05, 4.69) is 4.98 Å². The number of hydrogen-bond donors (Lipinski definition) is 1. The van der Waals surface area contributed by atoms with Crippen molar-refractivity contribution in [3.8, 4) is 0 Å².